The Hall–Kier alpha value is -3.98. The Morgan fingerprint density at radius 2 is 1.35 bits per heavy atom. The number of piperidine rings is 3. The van der Waals surface area contributed by atoms with Crippen molar-refractivity contribution >= 4 is 76.4 Å². The zero-order valence-electron chi connectivity index (χ0n) is 40.8. The first-order chi connectivity index (χ1) is 31.4. The van der Waals surface area contributed by atoms with Crippen molar-refractivity contribution in [1.29, 1.82) is 0 Å². The minimum atomic E-state index is -4.67. The molecule has 1 unspecified atom stereocenters. The Bertz CT molecular complexity index is 2640. The predicted molar refractivity (Wildman–Crippen MR) is 281 cm³/mol. The minimum Gasteiger partial charge on any atom is -0.497 e. The lowest BCUT2D eigenvalue weighted by molar-refractivity contribution is -0.137. The summed E-state index contributed by atoms with van der Waals surface area (Å²) in [6.07, 6.45) is 5.19. The highest BCUT2D eigenvalue weighted by molar-refractivity contribution is 7.80. The Balaban J connectivity index is -0.000000528. The van der Waals surface area contributed by atoms with E-state index >= 15 is 0 Å². The number of pyridine rings is 1. The highest BCUT2D eigenvalue weighted by Gasteiger charge is 2.42. The largest absolute Gasteiger partial charge is 0.497 e. The van der Waals surface area contributed by atoms with Crippen LogP contribution < -0.4 is 4.74 Å². The third kappa shape index (κ3) is 22.7. The summed E-state index contributed by atoms with van der Waals surface area (Å²) in [4.78, 5) is 9.21. The molecule has 3 saturated heterocycles. The number of ether oxygens (including phenoxy) is 1. The maximum Gasteiger partial charge on any atom is 0.416 e. The quantitative estimate of drug-likeness (QED) is 0.0497. The van der Waals surface area contributed by atoms with Crippen LogP contribution >= 0.6 is 23.2 Å². The molecule has 0 saturated carbocycles. The topological polar surface area (TPSA) is 439 Å². The summed E-state index contributed by atoms with van der Waals surface area (Å²) in [7, 11) is -7.67. The molecule has 0 amide bonds. The van der Waals surface area contributed by atoms with Gasteiger partial charge in [-0.25, -0.2) is 0 Å². The summed E-state index contributed by atoms with van der Waals surface area (Å²) in [6.45, 7) is 13.0. The molecule has 74 heavy (non-hydrogen) atoms. The molecular weight excluding hydrogens is 1070 g/mol. The predicted octanol–water partition coefficient (Wildman–Crippen LogP) is 4.74. The highest BCUT2D eigenvalue weighted by Crippen LogP contribution is 2.43. The van der Waals surface area contributed by atoms with E-state index in [0.717, 1.165) is 99.2 Å². The van der Waals surface area contributed by atoms with E-state index in [1.165, 1.54) is 12.5 Å². The van der Waals surface area contributed by atoms with Crippen LogP contribution in [0, 0.1) is 11.8 Å². The zero-order chi connectivity index (χ0) is 49.9. The Morgan fingerprint density at radius 1 is 0.784 bits per heavy atom. The van der Waals surface area contributed by atoms with Gasteiger partial charge in [-0.15, -0.1) is 6.58 Å². The molecule has 1 aromatic heterocycles. The van der Waals surface area contributed by atoms with E-state index in [4.69, 9.17) is 63.0 Å². The van der Waals surface area contributed by atoms with Crippen molar-refractivity contribution in [2.75, 3.05) is 39.8 Å². The Morgan fingerprint density at radius 3 is 1.85 bits per heavy atom. The molecule has 3 aliphatic heterocycles. The van der Waals surface area contributed by atoms with Crippen LogP contribution in [0.1, 0.15) is 87.7 Å². The van der Waals surface area contributed by atoms with Gasteiger partial charge in [0, 0.05) is 46.1 Å². The smallest absolute Gasteiger partial charge is 0.416 e. The Kier molecular flexibility index (Phi) is 35.1. The maximum absolute atomic E-state index is 13.4. The minimum absolute atomic E-state index is 0. The van der Waals surface area contributed by atoms with Gasteiger partial charge in [0.1, 0.15) is 5.75 Å². The van der Waals surface area contributed by atoms with E-state index in [1.54, 1.807) is 31.5 Å². The second-order valence-electron chi connectivity index (χ2n) is 16.4. The molecule has 4 aromatic carbocycles. The summed E-state index contributed by atoms with van der Waals surface area (Å²) < 4.78 is 109. The summed E-state index contributed by atoms with van der Waals surface area (Å²) in [5, 5.41) is 26.0. The molecule has 3 fully saturated rings. The highest BCUT2D eigenvalue weighted by atomic mass is 35.5. The summed E-state index contributed by atoms with van der Waals surface area (Å²) in [6, 6.07) is 16.6. The molecule has 0 radical (unpaired) electrons. The van der Waals surface area contributed by atoms with Crippen molar-refractivity contribution < 1.29 is 102 Å². The first-order valence-corrected chi connectivity index (χ1v) is 25.1. The average Bonchev–Trinajstić information content (AvgIpc) is 3.26. The number of halogens is 5. The van der Waals surface area contributed by atoms with Gasteiger partial charge in [0.15, 0.2) is 0 Å². The molecule has 4 heterocycles. The fourth-order valence-electron chi connectivity index (χ4n) is 8.66. The van der Waals surface area contributed by atoms with Gasteiger partial charge in [-0.3, -0.25) is 28.1 Å². The molecule has 0 spiro atoms. The normalized spacial score (nSPS) is 17.3. The average molecular weight is 1150 g/mol. The van der Waals surface area contributed by atoms with Gasteiger partial charge in [0.2, 0.25) is 0 Å². The van der Waals surface area contributed by atoms with Gasteiger partial charge in [-0.05, 0) is 145 Å². The molecule has 5 aromatic rings. The zero-order valence-corrected chi connectivity index (χ0v) is 43.9. The second kappa shape index (κ2) is 33.9. The van der Waals surface area contributed by atoms with Crippen molar-refractivity contribution in [3.63, 3.8) is 0 Å². The van der Waals surface area contributed by atoms with E-state index in [2.05, 4.69) is 41.3 Å². The molecule has 21 nitrogen and oxygen atoms in total. The molecule has 426 valence electrons. The van der Waals surface area contributed by atoms with E-state index in [1.807, 2.05) is 24.3 Å². The van der Waals surface area contributed by atoms with Gasteiger partial charge < -0.3 is 58.2 Å². The van der Waals surface area contributed by atoms with Crippen LogP contribution in [0.2, 0.25) is 10.0 Å². The molecule has 6 atom stereocenters. The van der Waals surface area contributed by atoms with E-state index in [9.17, 15) is 23.4 Å². The SMILES string of the molecule is C=C[C@H]1C[N@]2CC[C@H]1C[C@H]2[C@H](O)c1ccnc2ccc(OC)cc12.CCCCN(CCCC)CCC(O)c1cc2c(Cl)cc(Cl)cc2c2cc(C(F)(F)F)ccc12.O.O.O.O.O.O.O.O=S(=O)(O)O.O=S(=O)(O)O. The number of fused-ring (bicyclic) bond motifs is 7. The molecule has 0 aliphatic carbocycles. The van der Waals surface area contributed by atoms with Crippen LogP contribution in [0.3, 0.4) is 0 Å². The first-order valence-electron chi connectivity index (χ1n) is 21.6. The summed E-state index contributed by atoms with van der Waals surface area (Å²) in [5.74, 6) is 2.01. The molecule has 8 rings (SSSR count). The number of hydrogen-bond acceptors (Lipinski definition) is 10. The maximum atomic E-state index is 13.4. The molecule has 3 aliphatic rings. The third-order valence-electron chi connectivity index (χ3n) is 11.9. The number of aromatic nitrogens is 1. The lowest BCUT2D eigenvalue weighted by Crippen LogP contribution is -2.54. The first kappa shape index (κ1) is 76.5. The van der Waals surface area contributed by atoms with E-state index < -0.39 is 44.7 Å². The van der Waals surface area contributed by atoms with Crippen molar-refractivity contribution in [2.45, 2.75) is 83.2 Å². The number of hydrogen-bond donors (Lipinski definition) is 6. The lowest BCUT2D eigenvalue weighted by atomic mass is 9.73. The van der Waals surface area contributed by atoms with E-state index in [-0.39, 0.29) is 44.4 Å². The fourth-order valence-corrected chi connectivity index (χ4v) is 9.21. The second-order valence-corrected chi connectivity index (χ2v) is 19.1. The van der Waals surface area contributed by atoms with Gasteiger partial charge >= 0.3 is 27.0 Å². The van der Waals surface area contributed by atoms with Crippen LogP contribution in [0.4, 0.5) is 13.2 Å². The van der Waals surface area contributed by atoms with Gasteiger partial charge in [0.25, 0.3) is 0 Å². The Labute approximate surface area is 437 Å². The third-order valence-corrected chi connectivity index (χ3v) is 12.4. The monoisotopic (exact) mass is 1150 g/mol. The number of aliphatic hydroxyl groups is 2. The number of nitrogens with zero attached hydrogens (tertiary/aromatic N) is 3. The van der Waals surface area contributed by atoms with Crippen LogP contribution in [-0.4, -0.2) is 144 Å². The summed E-state index contributed by atoms with van der Waals surface area (Å²) in [5.41, 5.74) is 1.68. The van der Waals surface area contributed by atoms with E-state index in [0.29, 0.717) is 55.4 Å². The van der Waals surface area contributed by atoms with Crippen LogP contribution in [0.15, 0.2) is 79.5 Å². The van der Waals surface area contributed by atoms with Crippen molar-refractivity contribution in [3.05, 3.63) is 106 Å². The van der Waals surface area contributed by atoms with Gasteiger partial charge in [-0.2, -0.15) is 30.0 Å². The number of methoxy groups -OCH3 is 1. The number of benzene rings is 4. The van der Waals surface area contributed by atoms with Crippen molar-refractivity contribution in [1.82, 2.24) is 14.8 Å². The molecule has 28 heteroatoms. The molecule has 2 bridgehead atoms. The van der Waals surface area contributed by atoms with Crippen molar-refractivity contribution in [3.8, 4) is 5.75 Å². The number of rotatable bonds is 14. The van der Waals surface area contributed by atoms with Crippen molar-refractivity contribution in [2.24, 2.45) is 11.8 Å². The fraction of sp³-hybridized carbons (Fsp3) is 0.457. The van der Waals surface area contributed by atoms with Crippen LogP contribution in [0.5, 0.6) is 5.75 Å². The standard InChI is InChI=1S/C26H30Cl2F3NO.C20H24N2O2.2H2O4S.7H2O/c1-3-5-10-32(11-6-4-2)12-9-25(33)23-16-22-21(14-18(27)15-24(22)28)20-13-17(26(29,30)31)7-8-19(20)23;1-3-13-12-22-9-7-14(13)10-19(22)20(23)16-6-8-21-18-5-4-15(24-2)11-17(16)18;2*1-5(2,3)4;;;;;;;/h7-8,13-16,25,33H,3-6,9-12H2,1-2H3;3-6,8,11,13-14,19-20,23H,1,7,9-10,12H2,2H3;2*(H2,1,2,3,4);7*1H2/t;13-,14-,19-,20+;;;;;;;;;/m.0........./s1. The lowest BCUT2D eigenvalue weighted by Gasteiger charge is -2.50. The summed E-state index contributed by atoms with van der Waals surface area (Å²) >= 11 is 12.6. The number of alkyl halides is 3. The van der Waals surface area contributed by atoms with Crippen LogP contribution in [-0.2, 0) is 27.0 Å². The number of unbranched alkanes of at least 4 members (excludes halogenated alkanes) is 2. The van der Waals surface area contributed by atoms with Gasteiger partial charge in [-0.1, -0.05) is 62.0 Å². The molecular formula is C46H72Cl2F3N3O18S2. The van der Waals surface area contributed by atoms with Gasteiger partial charge in [0.05, 0.1) is 30.4 Å². The molecule has 20 N–H and O–H groups in total. The van der Waals surface area contributed by atoms with Crippen LogP contribution in [0.25, 0.3) is 32.4 Å². The number of aliphatic hydroxyl groups excluding tert-OH is 2.